The molecular weight excluding hydrogens is 368 g/mol. The first-order chi connectivity index (χ1) is 13.6. The lowest BCUT2D eigenvalue weighted by molar-refractivity contribution is -0.116. The second-order valence-electron chi connectivity index (χ2n) is 7.03. The van der Waals surface area contributed by atoms with Gasteiger partial charge >= 0.3 is 0 Å². The normalized spacial score (nSPS) is 13.5. The summed E-state index contributed by atoms with van der Waals surface area (Å²) < 4.78 is 0. The molecule has 0 aromatic heterocycles. The number of benzene rings is 2. The Morgan fingerprint density at radius 3 is 2.46 bits per heavy atom. The Morgan fingerprint density at radius 1 is 1.07 bits per heavy atom. The number of hydrogen-bond acceptors (Lipinski definition) is 3. The summed E-state index contributed by atoms with van der Waals surface area (Å²) in [6.45, 7) is 2.72. The van der Waals surface area contributed by atoms with Crippen molar-refractivity contribution in [3.63, 3.8) is 0 Å². The molecule has 1 saturated carbocycles. The molecule has 0 radical (unpaired) electrons. The number of rotatable bonds is 9. The Hall–Kier alpha value is -2.53. The molecule has 1 aliphatic carbocycles. The van der Waals surface area contributed by atoms with Crippen molar-refractivity contribution in [3.8, 4) is 0 Å². The van der Waals surface area contributed by atoms with E-state index in [0.717, 1.165) is 29.9 Å². The van der Waals surface area contributed by atoms with E-state index in [0.29, 0.717) is 18.2 Å². The highest BCUT2D eigenvalue weighted by atomic mass is 32.2. The minimum atomic E-state index is -0.105. The summed E-state index contributed by atoms with van der Waals surface area (Å²) in [6.07, 6.45) is 5.44. The van der Waals surface area contributed by atoms with Gasteiger partial charge in [-0.05, 0) is 49.1 Å². The predicted octanol–water partition coefficient (Wildman–Crippen LogP) is 3.95. The Kier molecular flexibility index (Phi) is 7.31. The second-order valence-corrected chi connectivity index (χ2v) is 8.14. The molecule has 28 heavy (non-hydrogen) atoms. The average Bonchev–Trinajstić information content (AvgIpc) is 3.52. The lowest BCUT2D eigenvalue weighted by atomic mass is 10.1. The minimum Gasteiger partial charge on any atom is -0.352 e. The summed E-state index contributed by atoms with van der Waals surface area (Å²) in [5, 5.41) is 5.86. The van der Waals surface area contributed by atoms with E-state index >= 15 is 0 Å². The van der Waals surface area contributed by atoms with Gasteiger partial charge in [-0.1, -0.05) is 42.0 Å². The Morgan fingerprint density at radius 2 is 1.79 bits per heavy atom. The van der Waals surface area contributed by atoms with Crippen LogP contribution in [-0.4, -0.2) is 30.2 Å². The SMILES string of the molecule is Cc1ccc(CSCCNC(=O)/C=C/c2ccc(C(=O)NC3CC3)cc2)cc1. The minimum absolute atomic E-state index is 0.0288. The molecule has 4 nitrogen and oxygen atoms in total. The fourth-order valence-electron chi connectivity index (χ4n) is 2.59. The predicted molar refractivity (Wildman–Crippen MR) is 116 cm³/mol. The smallest absolute Gasteiger partial charge is 0.251 e. The summed E-state index contributed by atoms with van der Waals surface area (Å²) in [5.74, 6) is 1.69. The van der Waals surface area contributed by atoms with Gasteiger partial charge in [0.1, 0.15) is 0 Å². The van der Waals surface area contributed by atoms with Crippen molar-refractivity contribution >= 4 is 29.7 Å². The van der Waals surface area contributed by atoms with Crippen LogP contribution in [0, 0.1) is 6.92 Å². The van der Waals surface area contributed by atoms with Gasteiger partial charge in [0.25, 0.3) is 5.91 Å². The van der Waals surface area contributed by atoms with Gasteiger partial charge in [-0.3, -0.25) is 9.59 Å². The summed E-state index contributed by atoms with van der Waals surface area (Å²) in [4.78, 5) is 23.9. The summed E-state index contributed by atoms with van der Waals surface area (Å²) in [7, 11) is 0. The number of carbonyl (C=O) groups is 2. The van der Waals surface area contributed by atoms with Crippen molar-refractivity contribution in [2.75, 3.05) is 12.3 Å². The highest BCUT2D eigenvalue weighted by Crippen LogP contribution is 2.19. The monoisotopic (exact) mass is 394 g/mol. The van der Waals surface area contributed by atoms with E-state index in [-0.39, 0.29) is 11.8 Å². The molecular formula is C23H26N2O2S. The first kappa shape index (κ1) is 20.2. The molecule has 3 rings (SSSR count). The highest BCUT2D eigenvalue weighted by Gasteiger charge is 2.23. The number of aryl methyl sites for hydroxylation is 1. The van der Waals surface area contributed by atoms with E-state index in [1.807, 2.05) is 12.1 Å². The third kappa shape index (κ3) is 6.89. The van der Waals surface area contributed by atoms with Crippen LogP contribution < -0.4 is 10.6 Å². The molecule has 0 unspecified atom stereocenters. The fourth-order valence-corrected chi connectivity index (χ4v) is 3.41. The third-order valence-corrected chi connectivity index (χ3v) is 5.48. The van der Waals surface area contributed by atoms with E-state index in [2.05, 4.69) is 41.8 Å². The van der Waals surface area contributed by atoms with Crippen LogP contribution >= 0.6 is 11.8 Å². The molecule has 1 aliphatic rings. The Balaban J connectivity index is 1.34. The molecule has 0 saturated heterocycles. The first-order valence-electron chi connectivity index (χ1n) is 9.60. The molecule has 0 heterocycles. The number of hydrogen-bond donors (Lipinski definition) is 2. The highest BCUT2D eigenvalue weighted by molar-refractivity contribution is 7.98. The molecule has 2 aromatic carbocycles. The molecule has 5 heteroatoms. The van der Waals surface area contributed by atoms with Crippen LogP contribution in [0.1, 0.15) is 39.9 Å². The molecule has 2 N–H and O–H groups in total. The average molecular weight is 395 g/mol. The van der Waals surface area contributed by atoms with Crippen molar-refractivity contribution in [3.05, 3.63) is 76.9 Å². The van der Waals surface area contributed by atoms with Crippen LogP contribution in [0.2, 0.25) is 0 Å². The molecule has 2 aromatic rings. The molecule has 1 fully saturated rings. The van der Waals surface area contributed by atoms with Crippen LogP contribution in [0.4, 0.5) is 0 Å². The Labute approximate surface area is 170 Å². The first-order valence-corrected chi connectivity index (χ1v) is 10.8. The van der Waals surface area contributed by atoms with E-state index in [4.69, 9.17) is 0 Å². The van der Waals surface area contributed by atoms with Gasteiger partial charge in [0.15, 0.2) is 0 Å². The zero-order chi connectivity index (χ0) is 19.8. The largest absolute Gasteiger partial charge is 0.352 e. The van der Waals surface area contributed by atoms with Crippen molar-refractivity contribution in [1.29, 1.82) is 0 Å². The van der Waals surface area contributed by atoms with Crippen molar-refractivity contribution in [2.45, 2.75) is 31.6 Å². The molecule has 0 atom stereocenters. The topological polar surface area (TPSA) is 58.2 Å². The zero-order valence-electron chi connectivity index (χ0n) is 16.1. The van der Waals surface area contributed by atoms with Crippen molar-refractivity contribution < 1.29 is 9.59 Å². The number of amides is 2. The lowest BCUT2D eigenvalue weighted by Crippen LogP contribution is -2.25. The van der Waals surface area contributed by atoms with E-state index in [1.54, 1.807) is 30.0 Å². The zero-order valence-corrected chi connectivity index (χ0v) is 16.9. The van der Waals surface area contributed by atoms with Gasteiger partial charge in [0.05, 0.1) is 0 Å². The second kappa shape index (κ2) is 10.1. The number of thioether (sulfide) groups is 1. The van der Waals surface area contributed by atoms with Crippen LogP contribution in [0.5, 0.6) is 0 Å². The number of nitrogens with one attached hydrogen (secondary N) is 2. The van der Waals surface area contributed by atoms with Gasteiger partial charge in [0, 0.05) is 35.7 Å². The molecule has 0 spiro atoms. The molecule has 0 aliphatic heterocycles. The molecule has 2 amide bonds. The van der Waals surface area contributed by atoms with Gasteiger partial charge in [-0.15, -0.1) is 0 Å². The Bertz CT molecular complexity index is 825. The standard InChI is InChI=1S/C23H26N2O2S/c1-17-2-4-19(5-3-17)16-28-15-14-24-22(26)13-8-18-6-9-20(10-7-18)23(27)25-21-11-12-21/h2-10,13,21H,11-12,14-16H2,1H3,(H,24,26)(H,25,27)/b13-8+. The summed E-state index contributed by atoms with van der Waals surface area (Å²) in [6, 6.07) is 16.2. The maximum Gasteiger partial charge on any atom is 0.251 e. The summed E-state index contributed by atoms with van der Waals surface area (Å²) >= 11 is 1.80. The van der Waals surface area contributed by atoms with Crippen LogP contribution in [-0.2, 0) is 10.5 Å². The summed E-state index contributed by atoms with van der Waals surface area (Å²) in [5.41, 5.74) is 4.12. The molecule has 146 valence electrons. The maximum absolute atomic E-state index is 12.0. The van der Waals surface area contributed by atoms with Crippen LogP contribution in [0.3, 0.4) is 0 Å². The van der Waals surface area contributed by atoms with Crippen LogP contribution in [0.15, 0.2) is 54.6 Å². The van der Waals surface area contributed by atoms with E-state index in [9.17, 15) is 9.59 Å². The van der Waals surface area contributed by atoms with Gasteiger partial charge in [-0.25, -0.2) is 0 Å². The van der Waals surface area contributed by atoms with Gasteiger partial charge in [0.2, 0.25) is 5.91 Å². The van der Waals surface area contributed by atoms with E-state index in [1.165, 1.54) is 17.2 Å². The fraction of sp³-hybridized carbons (Fsp3) is 0.304. The van der Waals surface area contributed by atoms with Crippen molar-refractivity contribution in [2.24, 2.45) is 0 Å². The van der Waals surface area contributed by atoms with Gasteiger partial charge < -0.3 is 10.6 Å². The van der Waals surface area contributed by atoms with Crippen LogP contribution in [0.25, 0.3) is 6.08 Å². The maximum atomic E-state index is 12.0. The third-order valence-electron chi connectivity index (χ3n) is 4.45. The quantitative estimate of drug-likeness (QED) is 0.500. The lowest BCUT2D eigenvalue weighted by Gasteiger charge is -2.04. The van der Waals surface area contributed by atoms with E-state index < -0.39 is 0 Å². The van der Waals surface area contributed by atoms with Gasteiger partial charge in [-0.2, -0.15) is 11.8 Å². The van der Waals surface area contributed by atoms with Crippen molar-refractivity contribution in [1.82, 2.24) is 10.6 Å². The molecule has 0 bridgehead atoms. The number of carbonyl (C=O) groups excluding carboxylic acids is 2.